The van der Waals surface area contributed by atoms with Crippen molar-refractivity contribution in [2.45, 2.75) is 37.9 Å². The first kappa shape index (κ1) is 13.3. The van der Waals surface area contributed by atoms with Crippen molar-refractivity contribution in [3.05, 3.63) is 33.3 Å². The average Bonchev–Trinajstić information content (AvgIpc) is 2.22. The molecular weight excluding hydrogens is 303 g/mol. The summed E-state index contributed by atoms with van der Waals surface area (Å²) in [6, 6.07) is 5.78. The van der Waals surface area contributed by atoms with E-state index in [0.29, 0.717) is 30.9 Å². The lowest BCUT2D eigenvalue weighted by Crippen LogP contribution is -2.41. The summed E-state index contributed by atoms with van der Waals surface area (Å²) in [5, 5.41) is 11.2. The third-order valence-corrected chi connectivity index (χ3v) is 4.02. The van der Waals surface area contributed by atoms with Crippen LogP contribution in [-0.2, 0) is 11.2 Å². The minimum Gasteiger partial charge on any atom is -0.389 e. The van der Waals surface area contributed by atoms with E-state index in [4.69, 9.17) is 16.3 Å². The number of rotatable bonds is 2. The molecule has 0 saturated carbocycles. The molecule has 0 spiro atoms. The summed E-state index contributed by atoms with van der Waals surface area (Å²) >= 11 is 9.55. The topological polar surface area (TPSA) is 29.5 Å². The zero-order valence-corrected chi connectivity index (χ0v) is 12.1. The first-order valence-corrected chi connectivity index (χ1v) is 6.93. The molecule has 1 heterocycles. The Bertz CT molecular complexity index is 410. The fourth-order valence-corrected chi connectivity index (χ4v) is 3.07. The van der Waals surface area contributed by atoms with Gasteiger partial charge in [-0.2, -0.15) is 0 Å². The van der Waals surface area contributed by atoms with E-state index in [2.05, 4.69) is 15.9 Å². The third-order valence-electron chi connectivity index (χ3n) is 3.17. The molecule has 2 nitrogen and oxygen atoms in total. The zero-order valence-electron chi connectivity index (χ0n) is 9.75. The van der Waals surface area contributed by atoms with Crippen molar-refractivity contribution >= 4 is 27.5 Å². The Morgan fingerprint density at radius 3 is 3.00 bits per heavy atom. The molecular formula is C13H16BrClO2. The van der Waals surface area contributed by atoms with Crippen molar-refractivity contribution in [2.75, 3.05) is 6.61 Å². The number of aliphatic hydroxyl groups is 1. The van der Waals surface area contributed by atoms with Gasteiger partial charge in [0, 0.05) is 28.9 Å². The molecule has 0 radical (unpaired) electrons. The van der Waals surface area contributed by atoms with Gasteiger partial charge in [0.15, 0.2) is 0 Å². The average molecular weight is 320 g/mol. The van der Waals surface area contributed by atoms with Crippen molar-refractivity contribution in [3.63, 3.8) is 0 Å². The highest BCUT2D eigenvalue weighted by molar-refractivity contribution is 9.10. The van der Waals surface area contributed by atoms with Gasteiger partial charge in [-0.25, -0.2) is 0 Å². The molecule has 1 aromatic rings. The Hall–Kier alpha value is -0.0900. The fraction of sp³-hybridized carbons (Fsp3) is 0.538. The van der Waals surface area contributed by atoms with E-state index in [1.165, 1.54) is 0 Å². The van der Waals surface area contributed by atoms with E-state index >= 15 is 0 Å². The second-order valence-corrected chi connectivity index (χ2v) is 6.10. The summed E-state index contributed by atoms with van der Waals surface area (Å²) in [4.78, 5) is 0. The van der Waals surface area contributed by atoms with Gasteiger partial charge in [-0.1, -0.05) is 33.6 Å². The van der Waals surface area contributed by atoms with Gasteiger partial charge in [0.25, 0.3) is 0 Å². The summed E-state index contributed by atoms with van der Waals surface area (Å²) in [5.41, 5.74) is 0.307. The van der Waals surface area contributed by atoms with Gasteiger partial charge in [0.2, 0.25) is 0 Å². The van der Waals surface area contributed by atoms with Crippen LogP contribution in [0.4, 0.5) is 0 Å². The van der Waals surface area contributed by atoms with E-state index in [9.17, 15) is 5.11 Å². The van der Waals surface area contributed by atoms with Crippen molar-refractivity contribution in [1.29, 1.82) is 0 Å². The highest BCUT2D eigenvalue weighted by Crippen LogP contribution is 2.31. The highest BCUT2D eigenvalue weighted by atomic mass is 79.9. The molecule has 1 fully saturated rings. The van der Waals surface area contributed by atoms with Crippen molar-refractivity contribution in [3.8, 4) is 0 Å². The van der Waals surface area contributed by atoms with E-state index in [1.807, 2.05) is 25.1 Å². The van der Waals surface area contributed by atoms with Crippen molar-refractivity contribution in [1.82, 2.24) is 0 Å². The highest BCUT2D eigenvalue weighted by Gasteiger charge is 2.33. The lowest BCUT2D eigenvalue weighted by molar-refractivity contribution is -0.0961. The summed E-state index contributed by atoms with van der Waals surface area (Å²) < 4.78 is 6.42. The SMILES string of the molecule is CC1CC(O)(Cc2ccc(Br)cc2Cl)CCO1. The van der Waals surface area contributed by atoms with E-state index in [1.54, 1.807) is 0 Å². The summed E-state index contributed by atoms with van der Waals surface area (Å²) in [7, 11) is 0. The molecule has 1 aromatic carbocycles. The Balaban J connectivity index is 2.14. The lowest BCUT2D eigenvalue weighted by atomic mass is 9.85. The van der Waals surface area contributed by atoms with Gasteiger partial charge in [-0.15, -0.1) is 0 Å². The predicted octanol–water partition coefficient (Wildman–Crippen LogP) is 3.58. The number of hydrogen-bond donors (Lipinski definition) is 1. The van der Waals surface area contributed by atoms with E-state index < -0.39 is 5.60 Å². The zero-order chi connectivity index (χ0) is 12.5. The molecule has 1 saturated heterocycles. The maximum Gasteiger partial charge on any atom is 0.0734 e. The standard InChI is InChI=1S/C13H16BrClO2/c1-9-7-13(16,4-5-17-9)8-10-2-3-11(14)6-12(10)15/h2-3,6,9,16H,4-5,7-8H2,1H3. The Kier molecular flexibility index (Phi) is 4.14. The van der Waals surface area contributed by atoms with Gasteiger partial charge in [-0.3, -0.25) is 0 Å². The van der Waals surface area contributed by atoms with Crippen LogP contribution in [0.25, 0.3) is 0 Å². The molecule has 17 heavy (non-hydrogen) atoms. The molecule has 0 bridgehead atoms. The monoisotopic (exact) mass is 318 g/mol. The maximum absolute atomic E-state index is 10.5. The Morgan fingerprint density at radius 2 is 2.35 bits per heavy atom. The minimum absolute atomic E-state index is 0.114. The number of benzene rings is 1. The molecule has 0 aromatic heterocycles. The van der Waals surface area contributed by atoms with Gasteiger partial charge < -0.3 is 9.84 Å². The van der Waals surface area contributed by atoms with Crippen LogP contribution >= 0.6 is 27.5 Å². The molecule has 2 rings (SSSR count). The van der Waals surface area contributed by atoms with E-state index in [0.717, 1.165) is 10.0 Å². The summed E-state index contributed by atoms with van der Waals surface area (Å²) in [6.07, 6.45) is 2.04. The molecule has 94 valence electrons. The maximum atomic E-state index is 10.5. The second kappa shape index (κ2) is 5.27. The van der Waals surface area contributed by atoms with Crippen molar-refractivity contribution < 1.29 is 9.84 Å². The molecule has 2 unspecified atom stereocenters. The summed E-state index contributed by atoms with van der Waals surface area (Å²) in [5.74, 6) is 0. The Morgan fingerprint density at radius 1 is 1.59 bits per heavy atom. The first-order valence-electron chi connectivity index (χ1n) is 5.76. The van der Waals surface area contributed by atoms with Crippen LogP contribution in [-0.4, -0.2) is 23.4 Å². The van der Waals surface area contributed by atoms with Crippen LogP contribution in [0.15, 0.2) is 22.7 Å². The number of hydrogen-bond acceptors (Lipinski definition) is 2. The van der Waals surface area contributed by atoms with Gasteiger partial charge in [-0.05, 0) is 31.0 Å². The van der Waals surface area contributed by atoms with Crippen LogP contribution in [0.1, 0.15) is 25.3 Å². The molecule has 1 aliphatic rings. The third kappa shape index (κ3) is 3.44. The van der Waals surface area contributed by atoms with Crippen LogP contribution in [0.3, 0.4) is 0 Å². The smallest absolute Gasteiger partial charge is 0.0734 e. The second-order valence-electron chi connectivity index (χ2n) is 4.77. The molecule has 1 aliphatic heterocycles. The number of halogens is 2. The molecule has 0 amide bonds. The van der Waals surface area contributed by atoms with Crippen LogP contribution in [0.5, 0.6) is 0 Å². The minimum atomic E-state index is -0.685. The largest absolute Gasteiger partial charge is 0.389 e. The first-order chi connectivity index (χ1) is 7.98. The van der Waals surface area contributed by atoms with Crippen LogP contribution in [0, 0.1) is 0 Å². The van der Waals surface area contributed by atoms with Crippen LogP contribution < -0.4 is 0 Å². The van der Waals surface area contributed by atoms with Crippen LogP contribution in [0.2, 0.25) is 5.02 Å². The summed E-state index contributed by atoms with van der Waals surface area (Å²) in [6.45, 7) is 2.61. The van der Waals surface area contributed by atoms with Crippen molar-refractivity contribution in [2.24, 2.45) is 0 Å². The van der Waals surface area contributed by atoms with E-state index in [-0.39, 0.29) is 6.10 Å². The normalized spacial score (nSPS) is 29.3. The van der Waals surface area contributed by atoms with Gasteiger partial charge in [0.1, 0.15) is 0 Å². The quantitative estimate of drug-likeness (QED) is 0.903. The molecule has 1 N–H and O–H groups in total. The van der Waals surface area contributed by atoms with Gasteiger partial charge >= 0.3 is 0 Å². The molecule has 0 aliphatic carbocycles. The lowest BCUT2D eigenvalue weighted by Gasteiger charge is -2.36. The fourth-order valence-electron chi connectivity index (χ4n) is 2.33. The Labute approximate surface area is 115 Å². The molecule has 4 heteroatoms. The number of ether oxygens (including phenoxy) is 1. The molecule has 2 atom stereocenters. The predicted molar refractivity (Wildman–Crippen MR) is 72.5 cm³/mol. The van der Waals surface area contributed by atoms with Gasteiger partial charge in [0.05, 0.1) is 11.7 Å².